The third-order valence-corrected chi connectivity index (χ3v) is 5.28. The summed E-state index contributed by atoms with van der Waals surface area (Å²) in [4.78, 5) is 4.17. The van der Waals surface area contributed by atoms with Gasteiger partial charge in [0, 0.05) is 29.2 Å². The lowest BCUT2D eigenvalue weighted by atomic mass is 9.96. The Kier molecular flexibility index (Phi) is 10.4. The van der Waals surface area contributed by atoms with Gasteiger partial charge in [-0.25, -0.2) is 0 Å². The third kappa shape index (κ3) is 7.97. The minimum Gasteiger partial charge on any atom is -0.397 e. The standard InChI is InChI=1S/C29H30N4.C2H6/c1-5-27(14-11-20(2)15-23-9-7-6-8-10-23)33-22(4)29(31)28-17-24(13-12-21(28)3)25-16-26(30)19-32-18-25;1-2/h5-14,16-19,31,33H,2,4,15,30H2,1,3H3;1-2H3/b14-11-,27-5+,31-29?;. The van der Waals surface area contributed by atoms with Gasteiger partial charge in [-0.2, -0.15) is 0 Å². The topological polar surface area (TPSA) is 74.8 Å². The largest absolute Gasteiger partial charge is 0.397 e. The average Bonchev–Trinajstić information content (AvgIpc) is 2.88. The molecule has 3 rings (SSSR count). The van der Waals surface area contributed by atoms with Crippen molar-refractivity contribution in [3.8, 4) is 11.1 Å². The highest BCUT2D eigenvalue weighted by Crippen LogP contribution is 2.24. The average molecular weight is 465 g/mol. The van der Waals surface area contributed by atoms with E-state index in [9.17, 15) is 0 Å². The Balaban J connectivity index is 0.00000210. The molecular weight excluding hydrogens is 428 g/mol. The van der Waals surface area contributed by atoms with E-state index in [2.05, 4.69) is 35.6 Å². The van der Waals surface area contributed by atoms with Crippen molar-refractivity contribution in [3.05, 3.63) is 132 Å². The first-order valence-electron chi connectivity index (χ1n) is 11.8. The van der Waals surface area contributed by atoms with Gasteiger partial charge in [0.25, 0.3) is 0 Å². The molecule has 0 bridgehead atoms. The van der Waals surface area contributed by atoms with E-state index >= 15 is 0 Å². The molecule has 0 aliphatic heterocycles. The molecule has 3 aromatic rings. The summed E-state index contributed by atoms with van der Waals surface area (Å²) < 4.78 is 0. The van der Waals surface area contributed by atoms with Gasteiger partial charge in [0.15, 0.2) is 0 Å². The number of rotatable bonds is 9. The molecule has 0 radical (unpaired) electrons. The van der Waals surface area contributed by atoms with Crippen LogP contribution in [0.15, 0.2) is 115 Å². The van der Waals surface area contributed by atoms with E-state index in [4.69, 9.17) is 11.1 Å². The minimum atomic E-state index is 0.335. The van der Waals surface area contributed by atoms with Crippen LogP contribution >= 0.6 is 0 Å². The molecule has 0 atom stereocenters. The van der Waals surface area contributed by atoms with Gasteiger partial charge in [-0.15, -0.1) is 0 Å². The molecule has 2 aromatic carbocycles. The molecule has 4 heteroatoms. The summed E-state index contributed by atoms with van der Waals surface area (Å²) in [6.07, 6.45) is 10.1. The van der Waals surface area contributed by atoms with Gasteiger partial charge in [-0.1, -0.05) is 87.2 Å². The van der Waals surface area contributed by atoms with Gasteiger partial charge >= 0.3 is 0 Å². The Bertz CT molecular complexity index is 1230. The van der Waals surface area contributed by atoms with Crippen LogP contribution in [-0.4, -0.2) is 10.7 Å². The fourth-order valence-corrected chi connectivity index (χ4v) is 3.42. The lowest BCUT2D eigenvalue weighted by molar-refractivity contribution is 1.05. The van der Waals surface area contributed by atoms with Crippen molar-refractivity contribution in [2.45, 2.75) is 34.1 Å². The Morgan fingerprint density at radius 1 is 1.00 bits per heavy atom. The number of benzene rings is 2. The Labute approximate surface area is 210 Å². The number of aromatic nitrogens is 1. The lowest BCUT2D eigenvalue weighted by Crippen LogP contribution is -2.19. The van der Waals surface area contributed by atoms with Crippen LogP contribution < -0.4 is 11.1 Å². The lowest BCUT2D eigenvalue weighted by Gasteiger charge is -2.15. The number of hydrogen-bond donors (Lipinski definition) is 3. The second-order valence-electron chi connectivity index (χ2n) is 7.91. The van der Waals surface area contributed by atoms with Crippen LogP contribution in [0.5, 0.6) is 0 Å². The van der Waals surface area contributed by atoms with Crippen molar-refractivity contribution in [1.82, 2.24) is 10.3 Å². The summed E-state index contributed by atoms with van der Waals surface area (Å²) in [6.45, 7) is 16.2. The highest BCUT2D eigenvalue weighted by Gasteiger charge is 2.12. The smallest absolute Gasteiger partial charge is 0.0843 e. The number of anilines is 1. The molecule has 180 valence electrons. The molecule has 0 amide bonds. The van der Waals surface area contributed by atoms with Crippen LogP contribution in [0.3, 0.4) is 0 Å². The maximum Gasteiger partial charge on any atom is 0.0843 e. The first-order valence-corrected chi connectivity index (χ1v) is 11.8. The predicted octanol–water partition coefficient (Wildman–Crippen LogP) is 7.40. The second kappa shape index (κ2) is 13.5. The van der Waals surface area contributed by atoms with Crippen LogP contribution in [0.2, 0.25) is 0 Å². The highest BCUT2D eigenvalue weighted by molar-refractivity contribution is 6.11. The van der Waals surface area contributed by atoms with E-state index in [0.717, 1.165) is 39.9 Å². The van der Waals surface area contributed by atoms with Gasteiger partial charge in [0.05, 0.1) is 17.1 Å². The number of hydrogen-bond acceptors (Lipinski definition) is 4. The molecular formula is C31H36N4. The minimum absolute atomic E-state index is 0.335. The van der Waals surface area contributed by atoms with Crippen molar-refractivity contribution in [2.24, 2.45) is 0 Å². The Morgan fingerprint density at radius 2 is 1.71 bits per heavy atom. The molecule has 0 unspecified atom stereocenters. The highest BCUT2D eigenvalue weighted by atomic mass is 14.9. The fourth-order valence-electron chi connectivity index (χ4n) is 3.42. The number of aryl methyl sites for hydroxylation is 1. The summed E-state index contributed by atoms with van der Waals surface area (Å²) in [6, 6.07) is 18.1. The second-order valence-corrected chi connectivity index (χ2v) is 7.91. The third-order valence-electron chi connectivity index (χ3n) is 5.28. The van der Waals surface area contributed by atoms with E-state index in [1.54, 1.807) is 12.4 Å². The van der Waals surface area contributed by atoms with Gasteiger partial charge in [-0.05, 0) is 55.2 Å². The molecule has 1 aromatic heterocycles. The number of nitrogen functional groups attached to an aromatic ring is 1. The summed E-state index contributed by atoms with van der Waals surface area (Å²) >= 11 is 0. The number of pyridine rings is 1. The number of nitrogens with zero attached hydrogens (tertiary/aromatic N) is 1. The molecule has 0 aliphatic rings. The van der Waals surface area contributed by atoms with E-state index < -0.39 is 0 Å². The molecule has 0 spiro atoms. The van der Waals surface area contributed by atoms with E-state index in [0.29, 0.717) is 17.1 Å². The molecule has 0 saturated heterocycles. The first-order chi connectivity index (χ1) is 16.9. The van der Waals surface area contributed by atoms with Crippen LogP contribution in [0.1, 0.15) is 37.5 Å². The van der Waals surface area contributed by atoms with Crippen LogP contribution in [0.4, 0.5) is 5.69 Å². The molecule has 35 heavy (non-hydrogen) atoms. The molecule has 4 N–H and O–H groups in total. The summed E-state index contributed by atoms with van der Waals surface area (Å²) in [5.41, 5.74) is 14.1. The molecule has 0 fully saturated rings. The zero-order valence-corrected chi connectivity index (χ0v) is 21.2. The summed E-state index contributed by atoms with van der Waals surface area (Å²) in [7, 11) is 0. The zero-order valence-electron chi connectivity index (χ0n) is 21.2. The molecule has 4 nitrogen and oxygen atoms in total. The zero-order chi connectivity index (χ0) is 25.8. The van der Waals surface area contributed by atoms with Gasteiger partial charge in [-0.3, -0.25) is 10.4 Å². The van der Waals surface area contributed by atoms with Crippen LogP contribution in [-0.2, 0) is 6.42 Å². The SMILES string of the molecule is C=C(/C=C\C(=C/C)NC(=C)C(=N)c1cc(-c2cncc(N)c2)ccc1C)Cc1ccccc1.CC. The van der Waals surface area contributed by atoms with Crippen molar-refractivity contribution in [2.75, 3.05) is 5.73 Å². The van der Waals surface area contributed by atoms with Gasteiger partial charge in [0.1, 0.15) is 0 Å². The Morgan fingerprint density at radius 3 is 2.37 bits per heavy atom. The van der Waals surface area contributed by atoms with Crippen molar-refractivity contribution < 1.29 is 0 Å². The van der Waals surface area contributed by atoms with Crippen molar-refractivity contribution in [3.63, 3.8) is 0 Å². The first kappa shape index (κ1) is 27.1. The fraction of sp³-hybridized carbons (Fsp3) is 0.161. The van der Waals surface area contributed by atoms with Crippen LogP contribution in [0.25, 0.3) is 11.1 Å². The monoisotopic (exact) mass is 464 g/mol. The normalized spacial score (nSPS) is 10.9. The van der Waals surface area contributed by atoms with E-state index in [1.165, 1.54) is 5.56 Å². The molecule has 0 aliphatic carbocycles. The summed E-state index contributed by atoms with van der Waals surface area (Å²) in [5, 5.41) is 12.0. The van der Waals surface area contributed by atoms with Crippen LogP contribution in [0, 0.1) is 12.3 Å². The van der Waals surface area contributed by atoms with Gasteiger partial charge in [0.2, 0.25) is 0 Å². The number of nitrogens with two attached hydrogens (primary N) is 1. The maximum atomic E-state index is 8.74. The van der Waals surface area contributed by atoms with Crippen molar-refractivity contribution in [1.29, 1.82) is 5.41 Å². The quantitative estimate of drug-likeness (QED) is 0.228. The molecule has 0 saturated carbocycles. The van der Waals surface area contributed by atoms with Gasteiger partial charge < -0.3 is 11.1 Å². The summed E-state index contributed by atoms with van der Waals surface area (Å²) in [5.74, 6) is 0. The predicted molar refractivity (Wildman–Crippen MR) is 151 cm³/mol. The van der Waals surface area contributed by atoms with E-state index in [1.807, 2.05) is 88.4 Å². The molecule has 1 heterocycles. The van der Waals surface area contributed by atoms with Crippen molar-refractivity contribution >= 4 is 11.4 Å². The Hall–Kier alpha value is -4.18. The van der Waals surface area contributed by atoms with E-state index in [-0.39, 0.29) is 0 Å². The maximum absolute atomic E-state index is 8.74. The number of allylic oxidation sites excluding steroid dienone is 5. The number of nitrogens with one attached hydrogen (secondary N) is 2.